The third-order valence-corrected chi connectivity index (χ3v) is 5.34. The number of anilines is 1. The number of hydrogen-bond donors (Lipinski definition) is 3. The van der Waals surface area contributed by atoms with Gasteiger partial charge in [0.1, 0.15) is 0 Å². The number of amides is 2. The van der Waals surface area contributed by atoms with Gasteiger partial charge in [0, 0.05) is 12.1 Å². The Morgan fingerprint density at radius 1 is 0.923 bits per heavy atom. The highest BCUT2D eigenvalue weighted by molar-refractivity contribution is 6.39. The van der Waals surface area contributed by atoms with Crippen LogP contribution in [0.1, 0.15) is 41.1 Å². The van der Waals surface area contributed by atoms with Gasteiger partial charge in [-0.2, -0.15) is 0 Å². The average Bonchev–Trinajstić information content (AvgIpc) is 2.97. The summed E-state index contributed by atoms with van der Waals surface area (Å²) in [5.74, 6) is -1.42. The molecule has 134 valence electrons. The largest absolute Gasteiger partial charge is 0.390 e. The first-order valence-electron chi connectivity index (χ1n) is 9.12. The lowest BCUT2D eigenvalue weighted by Gasteiger charge is -2.20. The van der Waals surface area contributed by atoms with Crippen molar-refractivity contribution in [1.29, 1.82) is 0 Å². The van der Waals surface area contributed by atoms with Gasteiger partial charge in [0.05, 0.1) is 12.1 Å². The fourth-order valence-corrected chi connectivity index (χ4v) is 4.03. The van der Waals surface area contributed by atoms with Crippen molar-refractivity contribution in [2.75, 3.05) is 5.32 Å². The Kier molecular flexibility index (Phi) is 4.47. The smallest absolute Gasteiger partial charge is 0.313 e. The van der Waals surface area contributed by atoms with E-state index in [1.165, 1.54) is 5.56 Å². The molecule has 0 saturated heterocycles. The minimum absolute atomic E-state index is 0.481. The van der Waals surface area contributed by atoms with Gasteiger partial charge < -0.3 is 15.7 Å². The molecule has 2 atom stereocenters. The fraction of sp³-hybridized carbons (Fsp3) is 0.333. The van der Waals surface area contributed by atoms with Gasteiger partial charge in [0.25, 0.3) is 0 Å². The molecule has 2 aliphatic carbocycles. The number of fused-ring (bicyclic) bond motifs is 2. The van der Waals surface area contributed by atoms with Crippen molar-refractivity contribution in [2.24, 2.45) is 0 Å². The molecule has 0 saturated carbocycles. The maximum Gasteiger partial charge on any atom is 0.313 e. The average molecular weight is 350 g/mol. The molecule has 2 aromatic rings. The Morgan fingerprint density at radius 3 is 2.58 bits per heavy atom. The molecule has 2 aliphatic rings. The normalized spacial score (nSPS) is 20.8. The summed E-state index contributed by atoms with van der Waals surface area (Å²) >= 11 is 0. The minimum Gasteiger partial charge on any atom is -0.390 e. The summed E-state index contributed by atoms with van der Waals surface area (Å²) in [4.78, 5) is 24.8. The van der Waals surface area contributed by atoms with E-state index in [-0.39, 0.29) is 0 Å². The molecule has 0 fully saturated rings. The number of aliphatic hydroxyl groups excluding tert-OH is 1. The number of carbonyl (C=O) groups excluding carboxylic acids is 2. The number of rotatable bonds is 2. The predicted molar refractivity (Wildman–Crippen MR) is 98.8 cm³/mol. The van der Waals surface area contributed by atoms with Crippen LogP contribution in [0.3, 0.4) is 0 Å². The van der Waals surface area contributed by atoms with Crippen LogP contribution >= 0.6 is 0 Å². The Labute approximate surface area is 152 Å². The van der Waals surface area contributed by atoms with Crippen molar-refractivity contribution in [3.8, 4) is 0 Å². The van der Waals surface area contributed by atoms with E-state index in [2.05, 4.69) is 16.7 Å². The molecule has 0 spiro atoms. The molecule has 2 amide bonds. The summed E-state index contributed by atoms with van der Waals surface area (Å²) in [5, 5.41) is 15.7. The van der Waals surface area contributed by atoms with E-state index in [0.29, 0.717) is 6.42 Å². The molecule has 26 heavy (non-hydrogen) atoms. The molecule has 3 N–H and O–H groups in total. The van der Waals surface area contributed by atoms with E-state index >= 15 is 0 Å². The predicted octanol–water partition coefficient (Wildman–Crippen LogP) is 2.28. The Balaban J connectivity index is 1.47. The number of hydrogen-bond acceptors (Lipinski definition) is 3. The zero-order chi connectivity index (χ0) is 18.1. The highest BCUT2D eigenvalue weighted by Gasteiger charge is 2.33. The topological polar surface area (TPSA) is 78.4 Å². The first-order chi connectivity index (χ1) is 12.6. The summed E-state index contributed by atoms with van der Waals surface area (Å²) in [6.45, 7) is 0. The summed E-state index contributed by atoms with van der Waals surface area (Å²) in [6.07, 6.45) is 3.95. The van der Waals surface area contributed by atoms with Gasteiger partial charge >= 0.3 is 11.8 Å². The summed E-state index contributed by atoms with van der Waals surface area (Å²) in [7, 11) is 0. The molecule has 0 aliphatic heterocycles. The van der Waals surface area contributed by atoms with Crippen LogP contribution in [0, 0.1) is 0 Å². The van der Waals surface area contributed by atoms with Gasteiger partial charge in [-0.15, -0.1) is 0 Å². The quantitative estimate of drug-likeness (QED) is 0.727. The van der Waals surface area contributed by atoms with Crippen molar-refractivity contribution in [3.63, 3.8) is 0 Å². The summed E-state index contributed by atoms with van der Waals surface area (Å²) < 4.78 is 0. The number of carbonyl (C=O) groups is 2. The van der Waals surface area contributed by atoms with Crippen molar-refractivity contribution in [1.82, 2.24) is 5.32 Å². The van der Waals surface area contributed by atoms with Crippen molar-refractivity contribution < 1.29 is 14.7 Å². The SMILES string of the molecule is O=C(Nc1cccc2c1CCCC2)C(=O)N[C@H]1c2ccccc2C[C@H]1O. The van der Waals surface area contributed by atoms with Crippen LogP contribution in [0.5, 0.6) is 0 Å². The van der Waals surface area contributed by atoms with E-state index in [1.54, 1.807) is 0 Å². The lowest BCUT2D eigenvalue weighted by atomic mass is 9.90. The molecule has 0 bridgehead atoms. The molecule has 5 nitrogen and oxygen atoms in total. The van der Waals surface area contributed by atoms with Crippen LogP contribution in [-0.4, -0.2) is 23.0 Å². The third-order valence-electron chi connectivity index (χ3n) is 5.34. The van der Waals surface area contributed by atoms with Gasteiger partial charge in [-0.3, -0.25) is 9.59 Å². The van der Waals surface area contributed by atoms with Crippen LogP contribution in [0.25, 0.3) is 0 Å². The van der Waals surface area contributed by atoms with Crippen molar-refractivity contribution in [2.45, 2.75) is 44.2 Å². The van der Waals surface area contributed by atoms with Gasteiger partial charge in [-0.1, -0.05) is 36.4 Å². The first-order valence-corrected chi connectivity index (χ1v) is 9.12. The Bertz CT molecular complexity index is 862. The fourth-order valence-electron chi connectivity index (χ4n) is 4.03. The molecule has 0 radical (unpaired) electrons. The van der Waals surface area contributed by atoms with E-state index in [1.807, 2.05) is 36.4 Å². The lowest BCUT2D eigenvalue weighted by molar-refractivity contribution is -0.137. The second-order valence-corrected chi connectivity index (χ2v) is 7.03. The molecule has 0 heterocycles. The number of aryl methyl sites for hydroxylation is 1. The highest BCUT2D eigenvalue weighted by atomic mass is 16.3. The van der Waals surface area contributed by atoms with Crippen LogP contribution in [0.2, 0.25) is 0 Å². The molecule has 5 heteroatoms. The van der Waals surface area contributed by atoms with Gasteiger partial charge in [0.15, 0.2) is 0 Å². The van der Waals surface area contributed by atoms with Crippen LogP contribution < -0.4 is 10.6 Å². The van der Waals surface area contributed by atoms with Gasteiger partial charge in [-0.25, -0.2) is 0 Å². The zero-order valence-electron chi connectivity index (χ0n) is 14.5. The molecule has 2 aromatic carbocycles. The molecular formula is C21H22N2O3. The van der Waals surface area contributed by atoms with E-state index < -0.39 is 24.0 Å². The molecule has 4 rings (SSSR count). The minimum atomic E-state index is -0.723. The molecule has 0 aromatic heterocycles. The third kappa shape index (κ3) is 3.10. The number of benzene rings is 2. The van der Waals surface area contributed by atoms with Gasteiger partial charge in [-0.05, 0) is 54.0 Å². The molecule has 0 unspecified atom stereocenters. The maximum absolute atomic E-state index is 12.4. The van der Waals surface area contributed by atoms with Crippen LogP contribution in [0.4, 0.5) is 5.69 Å². The second-order valence-electron chi connectivity index (χ2n) is 7.03. The van der Waals surface area contributed by atoms with Gasteiger partial charge in [0.2, 0.25) is 0 Å². The Hall–Kier alpha value is -2.66. The zero-order valence-corrected chi connectivity index (χ0v) is 14.5. The number of nitrogens with one attached hydrogen (secondary N) is 2. The van der Waals surface area contributed by atoms with Crippen LogP contribution in [-0.2, 0) is 28.9 Å². The van der Waals surface area contributed by atoms with Crippen LogP contribution in [0.15, 0.2) is 42.5 Å². The lowest BCUT2D eigenvalue weighted by Crippen LogP contribution is -2.40. The highest BCUT2D eigenvalue weighted by Crippen LogP contribution is 2.31. The van der Waals surface area contributed by atoms with E-state index in [4.69, 9.17) is 0 Å². The van der Waals surface area contributed by atoms with E-state index in [0.717, 1.165) is 48.1 Å². The Morgan fingerprint density at radius 2 is 1.69 bits per heavy atom. The second kappa shape index (κ2) is 6.92. The first kappa shape index (κ1) is 16.8. The standard InChI is InChI=1S/C21H22N2O3/c24-18-12-14-7-2-4-10-16(14)19(18)23-21(26)20(25)22-17-11-5-8-13-6-1-3-9-15(13)17/h2,4-5,7-8,10-11,18-19,24H,1,3,6,9,12H2,(H,22,25)(H,23,26)/t18-,19+/m1/s1. The summed E-state index contributed by atoms with van der Waals surface area (Å²) in [5.41, 5.74) is 4.97. The monoisotopic (exact) mass is 350 g/mol. The van der Waals surface area contributed by atoms with Crippen molar-refractivity contribution >= 4 is 17.5 Å². The molecular weight excluding hydrogens is 328 g/mol. The summed E-state index contributed by atoms with van der Waals surface area (Å²) in [6, 6.07) is 12.9. The van der Waals surface area contributed by atoms with E-state index in [9.17, 15) is 14.7 Å². The van der Waals surface area contributed by atoms with Crippen molar-refractivity contribution in [3.05, 3.63) is 64.7 Å². The maximum atomic E-state index is 12.4. The number of aliphatic hydroxyl groups is 1.